The van der Waals surface area contributed by atoms with E-state index in [2.05, 4.69) is 44.8 Å². The van der Waals surface area contributed by atoms with Crippen molar-refractivity contribution >= 4 is 5.91 Å². The van der Waals surface area contributed by atoms with Crippen molar-refractivity contribution in [3.05, 3.63) is 0 Å². The van der Waals surface area contributed by atoms with Gasteiger partial charge in [-0.2, -0.15) is 0 Å². The summed E-state index contributed by atoms with van der Waals surface area (Å²) < 4.78 is 0. The second-order valence-electron chi connectivity index (χ2n) is 7.74. The van der Waals surface area contributed by atoms with Gasteiger partial charge in [0, 0.05) is 6.54 Å². The highest BCUT2D eigenvalue weighted by Gasteiger charge is 2.48. The minimum absolute atomic E-state index is 0.178. The van der Waals surface area contributed by atoms with E-state index in [0.717, 1.165) is 13.0 Å². The summed E-state index contributed by atoms with van der Waals surface area (Å²) in [5.74, 6) is 1.02. The van der Waals surface area contributed by atoms with E-state index < -0.39 is 0 Å². The van der Waals surface area contributed by atoms with Gasteiger partial charge in [0.05, 0.1) is 11.7 Å². The van der Waals surface area contributed by atoms with Crippen molar-refractivity contribution in [3.8, 4) is 0 Å². The summed E-state index contributed by atoms with van der Waals surface area (Å²) in [5, 5.41) is 3.50. The fourth-order valence-electron chi connectivity index (χ4n) is 4.33. The third kappa shape index (κ3) is 2.88. The van der Waals surface area contributed by atoms with Crippen molar-refractivity contribution in [1.82, 2.24) is 10.2 Å². The smallest absolute Gasteiger partial charge is 0.243 e. The van der Waals surface area contributed by atoms with E-state index in [0.29, 0.717) is 17.2 Å². The topological polar surface area (TPSA) is 32.3 Å². The first-order chi connectivity index (χ1) is 9.32. The Labute approximate surface area is 124 Å². The number of nitrogens with one attached hydrogen (secondary N) is 1. The van der Waals surface area contributed by atoms with E-state index >= 15 is 0 Å². The number of hydrogen-bond acceptors (Lipinski definition) is 2. The molecule has 1 aliphatic carbocycles. The van der Waals surface area contributed by atoms with Gasteiger partial charge in [0.15, 0.2) is 0 Å². The average Bonchev–Trinajstić information content (AvgIpc) is 2.89. The second-order valence-corrected chi connectivity index (χ2v) is 7.74. The summed E-state index contributed by atoms with van der Waals surface area (Å²) in [6.07, 6.45) is 7.56. The summed E-state index contributed by atoms with van der Waals surface area (Å²) in [6.45, 7) is 11.9. The molecule has 1 amide bonds. The van der Waals surface area contributed by atoms with Crippen molar-refractivity contribution in [3.63, 3.8) is 0 Å². The molecule has 1 heterocycles. The van der Waals surface area contributed by atoms with Crippen LogP contribution in [0.15, 0.2) is 0 Å². The lowest BCUT2D eigenvalue weighted by Crippen LogP contribution is -2.44. The number of nitrogens with zero attached hydrogens (tertiary/aromatic N) is 1. The molecule has 0 aromatic heterocycles. The first-order valence-corrected chi connectivity index (χ1v) is 8.41. The van der Waals surface area contributed by atoms with E-state index in [4.69, 9.17) is 0 Å². The zero-order chi connectivity index (χ0) is 15.0. The van der Waals surface area contributed by atoms with E-state index in [1.807, 2.05) is 0 Å². The van der Waals surface area contributed by atoms with Crippen molar-refractivity contribution in [1.29, 1.82) is 0 Å². The molecular weight excluding hydrogens is 248 g/mol. The summed E-state index contributed by atoms with van der Waals surface area (Å²) in [4.78, 5) is 14.9. The number of hydrogen-bond donors (Lipinski definition) is 1. The van der Waals surface area contributed by atoms with Crippen LogP contribution in [0.3, 0.4) is 0 Å². The number of carbonyl (C=O) groups is 1. The predicted octanol–water partition coefficient (Wildman–Crippen LogP) is 3.54. The Kier molecular flexibility index (Phi) is 4.48. The van der Waals surface area contributed by atoms with Crippen LogP contribution >= 0.6 is 0 Å². The molecule has 1 N–H and O–H groups in total. The highest BCUT2D eigenvalue weighted by Crippen LogP contribution is 2.44. The molecule has 2 unspecified atom stereocenters. The molecular formula is C17H32N2O. The Morgan fingerprint density at radius 2 is 1.95 bits per heavy atom. The van der Waals surface area contributed by atoms with Gasteiger partial charge in [-0.25, -0.2) is 0 Å². The number of amides is 1. The van der Waals surface area contributed by atoms with Crippen molar-refractivity contribution in [2.24, 2.45) is 11.3 Å². The first-order valence-electron chi connectivity index (χ1n) is 8.41. The quantitative estimate of drug-likeness (QED) is 0.835. The summed E-state index contributed by atoms with van der Waals surface area (Å²) >= 11 is 0. The van der Waals surface area contributed by atoms with E-state index in [-0.39, 0.29) is 11.7 Å². The largest absolute Gasteiger partial charge is 0.325 e. The predicted molar refractivity (Wildman–Crippen MR) is 83.4 cm³/mol. The van der Waals surface area contributed by atoms with Crippen LogP contribution < -0.4 is 5.32 Å². The fourth-order valence-corrected chi connectivity index (χ4v) is 4.33. The monoisotopic (exact) mass is 280 g/mol. The zero-order valence-corrected chi connectivity index (χ0v) is 14.0. The average molecular weight is 280 g/mol. The first kappa shape index (κ1) is 15.8. The SMILES string of the molecule is CCC1(C)NC(C)N(CC2(CC(C)C)CCCC2)C1=O. The Bertz CT molecular complexity index is 360. The van der Waals surface area contributed by atoms with Gasteiger partial charge in [-0.15, -0.1) is 0 Å². The van der Waals surface area contributed by atoms with Gasteiger partial charge in [0.25, 0.3) is 0 Å². The van der Waals surface area contributed by atoms with Gasteiger partial charge < -0.3 is 4.90 Å². The highest BCUT2D eigenvalue weighted by molar-refractivity contribution is 5.88. The minimum Gasteiger partial charge on any atom is -0.325 e. The lowest BCUT2D eigenvalue weighted by molar-refractivity contribution is -0.134. The van der Waals surface area contributed by atoms with Crippen LogP contribution in [0, 0.1) is 11.3 Å². The third-order valence-electron chi connectivity index (χ3n) is 5.45. The maximum absolute atomic E-state index is 12.7. The molecule has 0 bridgehead atoms. The molecule has 116 valence electrons. The van der Waals surface area contributed by atoms with Gasteiger partial charge in [-0.05, 0) is 50.9 Å². The number of carbonyl (C=O) groups excluding carboxylic acids is 1. The van der Waals surface area contributed by atoms with Crippen LogP contribution in [0.1, 0.15) is 73.1 Å². The summed E-state index contributed by atoms with van der Waals surface area (Å²) in [5.41, 5.74) is 0.0236. The Morgan fingerprint density at radius 3 is 2.40 bits per heavy atom. The lowest BCUT2D eigenvalue weighted by atomic mass is 9.78. The van der Waals surface area contributed by atoms with Crippen molar-refractivity contribution in [2.75, 3.05) is 6.54 Å². The lowest BCUT2D eigenvalue weighted by Gasteiger charge is -2.36. The summed E-state index contributed by atoms with van der Waals surface area (Å²) in [6, 6.07) is 0. The molecule has 2 aliphatic rings. The Hall–Kier alpha value is -0.570. The third-order valence-corrected chi connectivity index (χ3v) is 5.45. The van der Waals surface area contributed by atoms with Crippen molar-refractivity contribution in [2.45, 2.75) is 84.8 Å². The Morgan fingerprint density at radius 1 is 1.35 bits per heavy atom. The van der Waals surface area contributed by atoms with Crippen LogP contribution in [0.25, 0.3) is 0 Å². The molecule has 1 aliphatic heterocycles. The normalized spacial score (nSPS) is 33.4. The summed E-state index contributed by atoms with van der Waals surface area (Å²) in [7, 11) is 0. The van der Waals surface area contributed by atoms with Gasteiger partial charge in [0.1, 0.15) is 0 Å². The van der Waals surface area contributed by atoms with Gasteiger partial charge in [-0.3, -0.25) is 10.1 Å². The molecule has 2 rings (SSSR count). The Balaban J connectivity index is 2.13. The van der Waals surface area contributed by atoms with Gasteiger partial charge in [0.2, 0.25) is 5.91 Å². The molecule has 0 spiro atoms. The van der Waals surface area contributed by atoms with Crippen LogP contribution in [-0.4, -0.2) is 29.1 Å². The van der Waals surface area contributed by atoms with Crippen molar-refractivity contribution < 1.29 is 4.79 Å². The maximum atomic E-state index is 12.7. The fraction of sp³-hybridized carbons (Fsp3) is 0.941. The number of rotatable bonds is 5. The molecule has 0 aromatic rings. The molecule has 20 heavy (non-hydrogen) atoms. The minimum atomic E-state index is -0.350. The molecule has 2 atom stereocenters. The molecule has 1 saturated carbocycles. The molecule has 0 radical (unpaired) electrons. The molecule has 3 heteroatoms. The molecule has 3 nitrogen and oxygen atoms in total. The van der Waals surface area contributed by atoms with Crippen LogP contribution in [0.4, 0.5) is 0 Å². The standard InChI is InChI=1S/C17H32N2O/c1-6-16(5)15(20)19(14(4)18-16)12-17(11-13(2)3)9-7-8-10-17/h13-14,18H,6-12H2,1-5H3. The van der Waals surface area contributed by atoms with Crippen LogP contribution in [0.2, 0.25) is 0 Å². The van der Waals surface area contributed by atoms with E-state index in [1.165, 1.54) is 32.1 Å². The van der Waals surface area contributed by atoms with Crippen LogP contribution in [-0.2, 0) is 4.79 Å². The molecule has 2 fully saturated rings. The van der Waals surface area contributed by atoms with Crippen LogP contribution in [0.5, 0.6) is 0 Å². The van der Waals surface area contributed by atoms with E-state index in [1.54, 1.807) is 0 Å². The van der Waals surface area contributed by atoms with E-state index in [9.17, 15) is 4.79 Å². The van der Waals surface area contributed by atoms with Gasteiger partial charge >= 0.3 is 0 Å². The molecule has 1 saturated heterocycles. The second kappa shape index (κ2) is 5.67. The zero-order valence-electron chi connectivity index (χ0n) is 14.0. The maximum Gasteiger partial charge on any atom is 0.243 e. The van der Waals surface area contributed by atoms with Gasteiger partial charge in [-0.1, -0.05) is 33.6 Å². The molecule has 0 aromatic carbocycles. The highest BCUT2D eigenvalue weighted by atomic mass is 16.2.